The van der Waals surface area contributed by atoms with Gasteiger partial charge in [0.1, 0.15) is 0 Å². The van der Waals surface area contributed by atoms with Crippen molar-refractivity contribution in [1.29, 1.82) is 0 Å². The Morgan fingerprint density at radius 3 is 2.60 bits per heavy atom. The smallest absolute Gasteiger partial charge is 0.168 e. The van der Waals surface area contributed by atoms with Gasteiger partial charge in [0.25, 0.3) is 0 Å². The van der Waals surface area contributed by atoms with Crippen LogP contribution in [-0.4, -0.2) is 13.4 Å². The fourth-order valence-corrected chi connectivity index (χ4v) is 1.94. The molecule has 75 valence electrons. The van der Waals surface area contributed by atoms with Crippen LogP contribution in [0.5, 0.6) is 0 Å². The van der Waals surface area contributed by atoms with Crippen molar-refractivity contribution in [2.24, 2.45) is 0 Å². The van der Waals surface area contributed by atoms with Gasteiger partial charge in [0, 0.05) is 24.0 Å². The quantitative estimate of drug-likeness (QED) is 0.777. The number of thiol groups is 1. The van der Waals surface area contributed by atoms with Crippen molar-refractivity contribution in [2.75, 3.05) is 0 Å². The van der Waals surface area contributed by atoms with Crippen LogP contribution in [0.2, 0.25) is 0 Å². The normalized spacial score (nSPS) is 10.5. The third-order valence-corrected chi connectivity index (χ3v) is 2.80. The molecular formula is C11H8NO2S. The number of hydrogen-bond acceptors (Lipinski definition) is 3. The maximum atomic E-state index is 11.0. The van der Waals surface area contributed by atoms with Crippen LogP contribution in [-0.2, 0) is 10.7 Å². The molecule has 1 heterocycles. The summed E-state index contributed by atoms with van der Waals surface area (Å²) in [5.74, 6) is 0. The molecule has 0 atom stereocenters. The predicted molar refractivity (Wildman–Crippen MR) is 57.1 cm³/mol. The van der Waals surface area contributed by atoms with Gasteiger partial charge in [-0.3, -0.25) is 4.98 Å². The first-order valence-corrected chi connectivity index (χ1v) is 5.52. The first-order valence-electron chi connectivity index (χ1n) is 4.34. The lowest BCUT2D eigenvalue weighted by Crippen LogP contribution is -1.87. The van der Waals surface area contributed by atoms with Crippen LogP contribution in [0.4, 0.5) is 0 Å². The summed E-state index contributed by atoms with van der Waals surface area (Å²) in [5.41, 5.74) is 1.40. The number of benzene rings is 1. The second kappa shape index (κ2) is 4.23. The van der Waals surface area contributed by atoms with Crippen LogP contribution in [0.3, 0.4) is 0 Å². The molecular weight excluding hydrogens is 210 g/mol. The van der Waals surface area contributed by atoms with Crippen LogP contribution in [0, 0.1) is 6.07 Å². The largest absolute Gasteiger partial charge is 0.264 e. The van der Waals surface area contributed by atoms with Gasteiger partial charge in [-0.2, -0.15) is 0 Å². The van der Waals surface area contributed by atoms with Gasteiger partial charge in [-0.15, -0.1) is 0 Å². The molecule has 0 saturated heterocycles. The highest BCUT2D eigenvalue weighted by atomic mass is 32.2. The Balaban J connectivity index is 2.63. The minimum atomic E-state index is -2.58. The average Bonchev–Trinajstić information content (AvgIpc) is 2.30. The zero-order valence-electron chi connectivity index (χ0n) is 7.75. The average molecular weight is 218 g/mol. The molecule has 1 aromatic carbocycles. The van der Waals surface area contributed by atoms with E-state index < -0.39 is 10.7 Å². The summed E-state index contributed by atoms with van der Waals surface area (Å²) in [7, 11) is -2.58. The van der Waals surface area contributed by atoms with Gasteiger partial charge in [-0.05, 0) is 17.7 Å². The van der Waals surface area contributed by atoms with Crippen molar-refractivity contribution >= 4 is 10.7 Å². The summed E-state index contributed by atoms with van der Waals surface area (Å²) in [6.45, 7) is 0. The van der Waals surface area contributed by atoms with Crippen LogP contribution >= 0.6 is 0 Å². The summed E-state index contributed by atoms with van der Waals surface area (Å²) >= 11 is 0. The van der Waals surface area contributed by atoms with E-state index in [1.54, 1.807) is 36.5 Å². The second-order valence-electron chi connectivity index (χ2n) is 2.93. The monoisotopic (exact) mass is 218 g/mol. The van der Waals surface area contributed by atoms with Gasteiger partial charge in [-0.25, -0.2) is 8.42 Å². The van der Waals surface area contributed by atoms with Crippen molar-refractivity contribution < 1.29 is 8.42 Å². The summed E-state index contributed by atoms with van der Waals surface area (Å²) in [6.07, 6.45) is 3.13. The van der Waals surface area contributed by atoms with E-state index in [1.807, 2.05) is 0 Å². The maximum Gasteiger partial charge on any atom is 0.168 e. The Kier molecular flexibility index (Phi) is 2.78. The van der Waals surface area contributed by atoms with Crippen molar-refractivity contribution in [2.45, 2.75) is 4.90 Å². The minimum absolute atomic E-state index is 0.315. The lowest BCUT2D eigenvalue weighted by atomic mass is 10.1. The van der Waals surface area contributed by atoms with Gasteiger partial charge in [-0.1, -0.05) is 18.2 Å². The molecule has 2 aromatic rings. The molecule has 1 radical (unpaired) electrons. The first-order chi connectivity index (χ1) is 7.29. The Bertz CT molecular complexity index is 527. The highest BCUT2D eigenvalue weighted by Gasteiger charge is 2.05. The molecule has 3 nitrogen and oxygen atoms in total. The zero-order valence-corrected chi connectivity index (χ0v) is 8.65. The third-order valence-electron chi connectivity index (χ3n) is 2.01. The van der Waals surface area contributed by atoms with Gasteiger partial charge >= 0.3 is 0 Å². The van der Waals surface area contributed by atoms with E-state index in [4.69, 9.17) is 0 Å². The Morgan fingerprint density at radius 1 is 1.13 bits per heavy atom. The Labute approximate surface area is 89.4 Å². The van der Waals surface area contributed by atoms with E-state index in [1.165, 1.54) is 6.20 Å². The highest BCUT2D eigenvalue weighted by molar-refractivity contribution is 7.72. The molecule has 15 heavy (non-hydrogen) atoms. The Morgan fingerprint density at radius 2 is 1.93 bits per heavy atom. The van der Waals surface area contributed by atoms with E-state index in [9.17, 15) is 8.42 Å². The SMILES string of the molecule is O=[SH](=O)c1ccccc1-c1[c]cncc1. The summed E-state index contributed by atoms with van der Waals surface area (Å²) in [6, 6.07) is 11.5. The van der Waals surface area contributed by atoms with E-state index in [-0.39, 0.29) is 0 Å². The molecule has 0 fully saturated rings. The summed E-state index contributed by atoms with van der Waals surface area (Å²) in [4.78, 5) is 4.15. The molecule has 0 aliphatic heterocycles. The number of aromatic nitrogens is 1. The maximum absolute atomic E-state index is 11.0. The topological polar surface area (TPSA) is 47.0 Å². The molecule has 1 aromatic heterocycles. The number of nitrogens with zero attached hydrogens (tertiary/aromatic N) is 1. The minimum Gasteiger partial charge on any atom is -0.264 e. The standard InChI is InChI=1S/C11H8NO2S/c13-15(14)11-4-2-1-3-10(11)9-5-7-12-8-6-9/h1-5,7-8,15H. The van der Waals surface area contributed by atoms with E-state index in [0.29, 0.717) is 10.5 Å². The highest BCUT2D eigenvalue weighted by Crippen LogP contribution is 2.23. The Hall–Kier alpha value is -1.68. The molecule has 0 aliphatic rings. The fourth-order valence-electron chi connectivity index (χ4n) is 1.34. The lowest BCUT2D eigenvalue weighted by Gasteiger charge is -2.02. The summed E-state index contributed by atoms with van der Waals surface area (Å²) < 4.78 is 22.0. The number of pyridine rings is 1. The number of rotatable bonds is 2. The lowest BCUT2D eigenvalue weighted by molar-refractivity contribution is 0.615. The van der Waals surface area contributed by atoms with E-state index >= 15 is 0 Å². The summed E-state index contributed by atoms with van der Waals surface area (Å²) in [5, 5.41) is 0. The molecule has 4 heteroatoms. The third kappa shape index (κ3) is 2.05. The zero-order chi connectivity index (χ0) is 10.7. The molecule has 0 aliphatic carbocycles. The van der Waals surface area contributed by atoms with Crippen molar-refractivity contribution in [3.8, 4) is 11.1 Å². The van der Waals surface area contributed by atoms with Crippen LogP contribution in [0.15, 0.2) is 47.6 Å². The molecule has 0 unspecified atom stereocenters. The van der Waals surface area contributed by atoms with Gasteiger partial charge < -0.3 is 0 Å². The molecule has 0 saturated carbocycles. The van der Waals surface area contributed by atoms with Crippen molar-refractivity contribution in [3.05, 3.63) is 48.8 Å². The molecule has 0 N–H and O–H groups in total. The predicted octanol–water partition coefficient (Wildman–Crippen LogP) is 1.52. The molecule has 0 amide bonds. The molecule has 0 spiro atoms. The fraction of sp³-hybridized carbons (Fsp3) is 0. The second-order valence-corrected chi connectivity index (χ2v) is 3.92. The number of hydrogen-bond donors (Lipinski definition) is 1. The van der Waals surface area contributed by atoms with E-state index in [2.05, 4.69) is 11.1 Å². The van der Waals surface area contributed by atoms with Crippen LogP contribution < -0.4 is 0 Å². The van der Waals surface area contributed by atoms with Crippen molar-refractivity contribution in [3.63, 3.8) is 0 Å². The van der Waals surface area contributed by atoms with Crippen molar-refractivity contribution in [1.82, 2.24) is 4.98 Å². The van der Waals surface area contributed by atoms with Gasteiger partial charge in [0.05, 0.1) is 4.90 Å². The van der Waals surface area contributed by atoms with Crippen LogP contribution in [0.1, 0.15) is 0 Å². The molecule has 2 rings (SSSR count). The molecule has 0 bridgehead atoms. The van der Waals surface area contributed by atoms with E-state index in [0.717, 1.165) is 5.56 Å². The first kappa shape index (κ1) is 9.86. The van der Waals surface area contributed by atoms with Gasteiger partial charge in [0.15, 0.2) is 10.7 Å². The van der Waals surface area contributed by atoms with Crippen LogP contribution in [0.25, 0.3) is 11.1 Å². The van der Waals surface area contributed by atoms with Gasteiger partial charge in [0.2, 0.25) is 0 Å².